The van der Waals surface area contributed by atoms with Crippen LogP contribution in [0.3, 0.4) is 0 Å². The standard InChI is InChI=1S/C12H24FNO2/c1-9(2)10(13)7-6-8-14-11(15)16-12(3,4)5/h9-10H,6-8H2,1-5H3,(H,14,15). The molecule has 0 bridgehead atoms. The van der Waals surface area contributed by atoms with Crippen molar-refractivity contribution in [2.45, 2.75) is 59.2 Å². The number of rotatable bonds is 5. The first-order valence-electron chi connectivity index (χ1n) is 5.83. The first kappa shape index (κ1) is 15.2. The van der Waals surface area contributed by atoms with Gasteiger partial charge in [0.1, 0.15) is 11.8 Å². The van der Waals surface area contributed by atoms with Crippen molar-refractivity contribution in [3.8, 4) is 0 Å². The minimum absolute atomic E-state index is 0.0431. The molecule has 0 saturated carbocycles. The van der Waals surface area contributed by atoms with E-state index in [9.17, 15) is 9.18 Å². The van der Waals surface area contributed by atoms with Crippen LogP contribution in [0.1, 0.15) is 47.5 Å². The van der Waals surface area contributed by atoms with Crippen molar-refractivity contribution in [3.63, 3.8) is 0 Å². The summed E-state index contributed by atoms with van der Waals surface area (Å²) < 4.78 is 18.2. The average Bonchev–Trinajstić information content (AvgIpc) is 2.08. The van der Waals surface area contributed by atoms with E-state index >= 15 is 0 Å². The third kappa shape index (κ3) is 8.50. The number of carbonyl (C=O) groups excluding carboxylic acids is 1. The smallest absolute Gasteiger partial charge is 0.407 e. The van der Waals surface area contributed by atoms with Gasteiger partial charge in [0.15, 0.2) is 0 Å². The van der Waals surface area contributed by atoms with E-state index in [1.54, 1.807) is 0 Å². The molecule has 96 valence electrons. The fourth-order valence-corrected chi connectivity index (χ4v) is 1.14. The molecule has 0 aliphatic heterocycles. The van der Waals surface area contributed by atoms with Gasteiger partial charge in [0.05, 0.1) is 0 Å². The number of halogens is 1. The number of amides is 1. The summed E-state index contributed by atoms with van der Waals surface area (Å²) in [7, 11) is 0. The molecule has 0 spiro atoms. The molecule has 0 fully saturated rings. The normalized spacial score (nSPS) is 13.7. The summed E-state index contributed by atoms with van der Waals surface area (Å²) in [6, 6.07) is 0. The maximum Gasteiger partial charge on any atom is 0.407 e. The highest BCUT2D eigenvalue weighted by atomic mass is 19.1. The molecule has 0 heterocycles. The van der Waals surface area contributed by atoms with Crippen molar-refractivity contribution in [2.24, 2.45) is 5.92 Å². The summed E-state index contributed by atoms with van der Waals surface area (Å²) in [4.78, 5) is 11.2. The number of ether oxygens (including phenoxy) is 1. The summed E-state index contributed by atoms with van der Waals surface area (Å²) in [6.07, 6.45) is -0.112. The highest BCUT2D eigenvalue weighted by Crippen LogP contribution is 2.12. The third-order valence-electron chi connectivity index (χ3n) is 2.05. The Kier molecular flexibility index (Phi) is 6.38. The Morgan fingerprint density at radius 3 is 2.38 bits per heavy atom. The van der Waals surface area contributed by atoms with Gasteiger partial charge in [-0.25, -0.2) is 9.18 Å². The van der Waals surface area contributed by atoms with Crippen LogP contribution in [0.15, 0.2) is 0 Å². The molecule has 0 rings (SSSR count). The van der Waals surface area contributed by atoms with Gasteiger partial charge in [0.2, 0.25) is 0 Å². The lowest BCUT2D eigenvalue weighted by Crippen LogP contribution is -2.33. The van der Waals surface area contributed by atoms with Crippen LogP contribution >= 0.6 is 0 Å². The van der Waals surface area contributed by atoms with Crippen LogP contribution < -0.4 is 5.32 Å². The lowest BCUT2D eigenvalue weighted by molar-refractivity contribution is 0.0525. The van der Waals surface area contributed by atoms with Gasteiger partial charge in [-0.2, -0.15) is 0 Å². The molecular formula is C12H24FNO2. The van der Waals surface area contributed by atoms with E-state index in [1.165, 1.54) is 0 Å². The predicted octanol–water partition coefficient (Wildman–Crippen LogP) is 3.29. The minimum Gasteiger partial charge on any atom is -0.444 e. The summed E-state index contributed by atoms with van der Waals surface area (Å²) in [5.41, 5.74) is -0.482. The van der Waals surface area contributed by atoms with Gasteiger partial charge in [-0.05, 0) is 39.5 Å². The quantitative estimate of drug-likeness (QED) is 0.740. The molecule has 0 aromatic carbocycles. The molecule has 1 unspecified atom stereocenters. The lowest BCUT2D eigenvalue weighted by Gasteiger charge is -2.19. The van der Waals surface area contributed by atoms with Crippen molar-refractivity contribution in [1.29, 1.82) is 0 Å². The van der Waals surface area contributed by atoms with Gasteiger partial charge < -0.3 is 10.1 Å². The molecule has 0 saturated heterocycles. The number of hydrogen-bond donors (Lipinski definition) is 1. The van der Waals surface area contributed by atoms with E-state index in [2.05, 4.69) is 5.32 Å². The van der Waals surface area contributed by atoms with Gasteiger partial charge in [0.25, 0.3) is 0 Å². The Morgan fingerprint density at radius 1 is 1.38 bits per heavy atom. The second-order valence-electron chi connectivity index (χ2n) is 5.33. The lowest BCUT2D eigenvalue weighted by atomic mass is 10.0. The largest absolute Gasteiger partial charge is 0.444 e. The maximum absolute atomic E-state index is 13.2. The van der Waals surface area contributed by atoms with E-state index in [1.807, 2.05) is 34.6 Å². The molecule has 0 aromatic rings. The molecule has 4 heteroatoms. The fraction of sp³-hybridized carbons (Fsp3) is 0.917. The fourth-order valence-electron chi connectivity index (χ4n) is 1.14. The number of hydrogen-bond acceptors (Lipinski definition) is 2. The van der Waals surface area contributed by atoms with Crippen LogP contribution in [-0.4, -0.2) is 24.4 Å². The van der Waals surface area contributed by atoms with Crippen LogP contribution in [0, 0.1) is 5.92 Å². The molecule has 0 radical (unpaired) electrons. The van der Waals surface area contributed by atoms with Crippen LogP contribution in [0.25, 0.3) is 0 Å². The van der Waals surface area contributed by atoms with Crippen molar-refractivity contribution in [3.05, 3.63) is 0 Å². The van der Waals surface area contributed by atoms with E-state index in [-0.39, 0.29) is 5.92 Å². The Labute approximate surface area is 97.7 Å². The van der Waals surface area contributed by atoms with Crippen LogP contribution in [-0.2, 0) is 4.74 Å². The van der Waals surface area contributed by atoms with Crippen LogP contribution in [0.2, 0.25) is 0 Å². The van der Waals surface area contributed by atoms with Crippen LogP contribution in [0.5, 0.6) is 0 Å². The molecule has 0 aromatic heterocycles. The highest BCUT2D eigenvalue weighted by molar-refractivity contribution is 5.67. The minimum atomic E-state index is -0.791. The van der Waals surface area contributed by atoms with E-state index in [0.29, 0.717) is 19.4 Å². The maximum atomic E-state index is 13.2. The molecule has 1 atom stereocenters. The number of carbonyl (C=O) groups is 1. The summed E-state index contributed by atoms with van der Waals surface area (Å²) >= 11 is 0. The third-order valence-corrected chi connectivity index (χ3v) is 2.05. The second-order valence-corrected chi connectivity index (χ2v) is 5.33. The Bertz CT molecular complexity index is 212. The molecular weight excluding hydrogens is 209 g/mol. The van der Waals surface area contributed by atoms with Crippen molar-refractivity contribution in [1.82, 2.24) is 5.32 Å². The molecule has 1 amide bonds. The molecule has 16 heavy (non-hydrogen) atoms. The topological polar surface area (TPSA) is 38.3 Å². The Morgan fingerprint density at radius 2 is 1.94 bits per heavy atom. The van der Waals surface area contributed by atoms with E-state index < -0.39 is 17.9 Å². The molecule has 0 aliphatic carbocycles. The molecule has 3 nitrogen and oxygen atoms in total. The summed E-state index contributed by atoms with van der Waals surface area (Å²) in [5.74, 6) is 0.0431. The van der Waals surface area contributed by atoms with Gasteiger partial charge in [0, 0.05) is 6.54 Å². The van der Waals surface area contributed by atoms with Gasteiger partial charge in [-0.1, -0.05) is 13.8 Å². The van der Waals surface area contributed by atoms with E-state index in [4.69, 9.17) is 4.74 Å². The van der Waals surface area contributed by atoms with Gasteiger partial charge >= 0.3 is 6.09 Å². The zero-order chi connectivity index (χ0) is 12.8. The Balaban J connectivity index is 3.56. The SMILES string of the molecule is CC(C)C(F)CCCNC(=O)OC(C)(C)C. The van der Waals surface area contributed by atoms with Crippen LogP contribution in [0.4, 0.5) is 9.18 Å². The van der Waals surface area contributed by atoms with Gasteiger partial charge in [-0.15, -0.1) is 0 Å². The van der Waals surface area contributed by atoms with E-state index in [0.717, 1.165) is 0 Å². The van der Waals surface area contributed by atoms with Gasteiger partial charge in [-0.3, -0.25) is 0 Å². The Hall–Kier alpha value is -0.800. The zero-order valence-corrected chi connectivity index (χ0v) is 11.0. The van der Waals surface area contributed by atoms with Crippen molar-refractivity contribution < 1.29 is 13.9 Å². The molecule has 0 aliphatic rings. The summed E-state index contributed by atoms with van der Waals surface area (Å²) in [6.45, 7) is 9.59. The monoisotopic (exact) mass is 233 g/mol. The van der Waals surface area contributed by atoms with Crippen molar-refractivity contribution >= 4 is 6.09 Å². The first-order valence-corrected chi connectivity index (χ1v) is 5.83. The zero-order valence-electron chi connectivity index (χ0n) is 11.0. The molecule has 1 N–H and O–H groups in total. The predicted molar refractivity (Wildman–Crippen MR) is 63.2 cm³/mol. The first-order chi connectivity index (χ1) is 7.22. The number of alkyl halides is 1. The second kappa shape index (κ2) is 6.71. The number of nitrogens with one attached hydrogen (secondary N) is 1. The van der Waals surface area contributed by atoms with Crippen molar-refractivity contribution in [2.75, 3.05) is 6.54 Å². The highest BCUT2D eigenvalue weighted by Gasteiger charge is 2.16. The summed E-state index contributed by atoms with van der Waals surface area (Å²) in [5, 5.41) is 2.61. The average molecular weight is 233 g/mol. The number of alkyl carbamates (subject to hydrolysis) is 1.